The number of hydrogen-bond acceptors (Lipinski definition) is 4. The molecular formula is C24H22ClF2N3O3. The van der Waals surface area contributed by atoms with Gasteiger partial charge in [0.1, 0.15) is 11.6 Å². The van der Waals surface area contributed by atoms with Crippen LogP contribution in [0.4, 0.5) is 14.5 Å². The van der Waals surface area contributed by atoms with E-state index in [9.17, 15) is 14.0 Å². The second-order valence-electron chi connectivity index (χ2n) is 7.85. The molecule has 1 aliphatic carbocycles. The van der Waals surface area contributed by atoms with Gasteiger partial charge in [-0.05, 0) is 51.0 Å². The SMILES string of the molecule is CCOC(=O)c1cc(NC(=O)C2(c3ccc(Cl)cc3F)CC2)cc(F)c1-c1cnn(CC)c1. The van der Waals surface area contributed by atoms with Crippen LogP contribution in [0.1, 0.15) is 42.6 Å². The molecule has 2 aromatic carbocycles. The molecule has 3 aromatic rings. The van der Waals surface area contributed by atoms with E-state index < -0.39 is 28.9 Å². The van der Waals surface area contributed by atoms with Crippen molar-refractivity contribution >= 4 is 29.2 Å². The Balaban J connectivity index is 1.70. The van der Waals surface area contributed by atoms with Crippen molar-refractivity contribution in [2.24, 2.45) is 0 Å². The Morgan fingerprint density at radius 2 is 1.94 bits per heavy atom. The Morgan fingerprint density at radius 3 is 2.55 bits per heavy atom. The lowest BCUT2D eigenvalue weighted by molar-refractivity contribution is -0.118. The average molecular weight is 474 g/mol. The first-order chi connectivity index (χ1) is 15.8. The van der Waals surface area contributed by atoms with E-state index in [-0.39, 0.29) is 34.0 Å². The van der Waals surface area contributed by atoms with E-state index in [1.807, 2.05) is 6.92 Å². The maximum absolute atomic E-state index is 15.2. The first-order valence-electron chi connectivity index (χ1n) is 10.6. The summed E-state index contributed by atoms with van der Waals surface area (Å²) in [5.74, 6) is -2.49. The van der Waals surface area contributed by atoms with Gasteiger partial charge in [0.25, 0.3) is 0 Å². The van der Waals surface area contributed by atoms with Gasteiger partial charge in [-0.3, -0.25) is 9.48 Å². The monoisotopic (exact) mass is 473 g/mol. The van der Waals surface area contributed by atoms with E-state index in [1.54, 1.807) is 17.8 Å². The summed E-state index contributed by atoms with van der Waals surface area (Å²) in [4.78, 5) is 25.7. The van der Waals surface area contributed by atoms with Gasteiger partial charge in [0.2, 0.25) is 5.91 Å². The molecule has 0 atom stereocenters. The molecule has 0 bridgehead atoms. The van der Waals surface area contributed by atoms with Gasteiger partial charge in [-0.15, -0.1) is 0 Å². The van der Waals surface area contributed by atoms with Crippen LogP contribution in [0.3, 0.4) is 0 Å². The number of carbonyl (C=O) groups excluding carboxylic acids is 2. The summed E-state index contributed by atoms with van der Waals surface area (Å²) in [7, 11) is 0. The van der Waals surface area contributed by atoms with Crippen LogP contribution in [0.25, 0.3) is 11.1 Å². The van der Waals surface area contributed by atoms with Crippen molar-refractivity contribution in [2.45, 2.75) is 38.6 Å². The number of esters is 1. The lowest BCUT2D eigenvalue weighted by atomic mass is 9.94. The Labute approximate surface area is 194 Å². The number of aryl methyl sites for hydroxylation is 1. The van der Waals surface area contributed by atoms with Crippen molar-refractivity contribution in [1.29, 1.82) is 0 Å². The number of ether oxygens (including phenoxy) is 1. The van der Waals surface area contributed by atoms with E-state index in [2.05, 4.69) is 10.4 Å². The number of carbonyl (C=O) groups is 2. The van der Waals surface area contributed by atoms with Crippen molar-refractivity contribution < 1.29 is 23.1 Å². The molecule has 1 N–H and O–H groups in total. The summed E-state index contributed by atoms with van der Waals surface area (Å²) >= 11 is 5.83. The Bertz CT molecular complexity index is 1240. The smallest absolute Gasteiger partial charge is 0.338 e. The summed E-state index contributed by atoms with van der Waals surface area (Å²) in [6.45, 7) is 4.21. The van der Waals surface area contributed by atoms with Crippen LogP contribution in [-0.4, -0.2) is 28.3 Å². The highest BCUT2D eigenvalue weighted by Gasteiger charge is 2.52. The zero-order valence-electron chi connectivity index (χ0n) is 18.1. The van der Waals surface area contributed by atoms with Gasteiger partial charge in [-0.1, -0.05) is 17.7 Å². The minimum atomic E-state index is -1.06. The Hall–Kier alpha value is -3.26. The molecular weight excluding hydrogens is 452 g/mol. The van der Waals surface area contributed by atoms with Gasteiger partial charge in [0, 0.05) is 40.1 Å². The van der Waals surface area contributed by atoms with Gasteiger partial charge in [0.15, 0.2) is 0 Å². The minimum absolute atomic E-state index is 0.0367. The number of rotatable bonds is 7. The Kier molecular flexibility index (Phi) is 6.21. The molecule has 6 nitrogen and oxygen atoms in total. The number of halogens is 3. The van der Waals surface area contributed by atoms with Gasteiger partial charge >= 0.3 is 5.97 Å². The van der Waals surface area contributed by atoms with Crippen LogP contribution >= 0.6 is 11.6 Å². The predicted molar refractivity (Wildman–Crippen MR) is 120 cm³/mol. The van der Waals surface area contributed by atoms with E-state index >= 15 is 4.39 Å². The van der Waals surface area contributed by atoms with Crippen molar-refractivity contribution in [1.82, 2.24) is 9.78 Å². The molecule has 4 rings (SSSR count). The van der Waals surface area contributed by atoms with Crippen LogP contribution in [-0.2, 0) is 21.5 Å². The van der Waals surface area contributed by atoms with E-state index in [0.717, 1.165) is 12.1 Å². The third-order valence-corrected chi connectivity index (χ3v) is 5.96. The van der Waals surface area contributed by atoms with Crippen molar-refractivity contribution in [3.05, 3.63) is 70.5 Å². The molecule has 1 heterocycles. The standard InChI is InChI=1S/C24H22ClF2N3O3/c1-3-30-13-14(12-28-30)21-17(22(31)33-4-2)10-16(11-20(21)27)29-23(32)24(7-8-24)18-6-5-15(25)9-19(18)26/h5-6,9-13H,3-4,7-8H2,1-2H3,(H,29,32). The summed E-state index contributed by atoms with van der Waals surface area (Å²) in [6.07, 6.45) is 3.98. The third-order valence-electron chi connectivity index (χ3n) is 5.72. The van der Waals surface area contributed by atoms with Gasteiger partial charge in [-0.2, -0.15) is 5.10 Å². The quantitative estimate of drug-likeness (QED) is 0.469. The lowest BCUT2D eigenvalue weighted by Gasteiger charge is -2.18. The van der Waals surface area contributed by atoms with Gasteiger partial charge in [0.05, 0.1) is 23.8 Å². The Morgan fingerprint density at radius 1 is 1.18 bits per heavy atom. The summed E-state index contributed by atoms with van der Waals surface area (Å²) < 4.78 is 36.4. The normalized spacial score (nSPS) is 14.1. The molecule has 9 heteroatoms. The van der Waals surface area contributed by atoms with Crippen molar-refractivity contribution in [2.75, 3.05) is 11.9 Å². The number of aromatic nitrogens is 2. The van der Waals surface area contributed by atoms with Crippen LogP contribution in [0, 0.1) is 11.6 Å². The highest BCUT2D eigenvalue weighted by atomic mass is 35.5. The average Bonchev–Trinajstić information content (AvgIpc) is 3.44. The summed E-state index contributed by atoms with van der Waals surface area (Å²) in [5.41, 5.74) is -0.332. The summed E-state index contributed by atoms with van der Waals surface area (Å²) in [6, 6.07) is 6.67. The van der Waals surface area contributed by atoms with Crippen LogP contribution in [0.15, 0.2) is 42.7 Å². The molecule has 33 heavy (non-hydrogen) atoms. The molecule has 0 saturated heterocycles. The second kappa shape index (κ2) is 8.94. The molecule has 1 amide bonds. The number of benzene rings is 2. The number of amides is 1. The second-order valence-corrected chi connectivity index (χ2v) is 8.28. The molecule has 1 saturated carbocycles. The topological polar surface area (TPSA) is 73.2 Å². The van der Waals surface area contributed by atoms with Gasteiger partial charge in [-0.25, -0.2) is 13.6 Å². The molecule has 0 spiro atoms. The molecule has 0 radical (unpaired) electrons. The maximum Gasteiger partial charge on any atom is 0.338 e. The van der Waals surface area contributed by atoms with Crippen LogP contribution in [0.2, 0.25) is 5.02 Å². The largest absolute Gasteiger partial charge is 0.462 e. The van der Waals surface area contributed by atoms with E-state index in [1.165, 1.54) is 24.4 Å². The number of hydrogen-bond donors (Lipinski definition) is 1. The zero-order valence-corrected chi connectivity index (χ0v) is 18.9. The van der Waals surface area contributed by atoms with Crippen molar-refractivity contribution in [3.8, 4) is 11.1 Å². The predicted octanol–water partition coefficient (Wildman–Crippen LogP) is 5.35. The molecule has 1 aliphatic rings. The molecule has 172 valence electrons. The minimum Gasteiger partial charge on any atom is -0.462 e. The molecule has 1 aromatic heterocycles. The maximum atomic E-state index is 15.2. The van der Waals surface area contributed by atoms with Crippen LogP contribution in [0.5, 0.6) is 0 Å². The molecule has 0 unspecified atom stereocenters. The fourth-order valence-electron chi connectivity index (χ4n) is 3.88. The first kappa shape index (κ1) is 22.9. The van der Waals surface area contributed by atoms with Crippen molar-refractivity contribution in [3.63, 3.8) is 0 Å². The lowest BCUT2D eigenvalue weighted by Crippen LogP contribution is -2.29. The molecule has 1 fully saturated rings. The zero-order chi connectivity index (χ0) is 23.8. The highest BCUT2D eigenvalue weighted by molar-refractivity contribution is 6.30. The van der Waals surface area contributed by atoms with Crippen LogP contribution < -0.4 is 5.32 Å². The fraction of sp³-hybridized carbons (Fsp3) is 0.292. The number of nitrogens with one attached hydrogen (secondary N) is 1. The highest BCUT2D eigenvalue weighted by Crippen LogP contribution is 2.50. The fourth-order valence-corrected chi connectivity index (χ4v) is 4.04. The first-order valence-corrected chi connectivity index (χ1v) is 11.0. The van der Waals surface area contributed by atoms with E-state index in [0.29, 0.717) is 24.9 Å². The molecule has 0 aliphatic heterocycles. The van der Waals surface area contributed by atoms with E-state index in [4.69, 9.17) is 16.3 Å². The van der Waals surface area contributed by atoms with Gasteiger partial charge < -0.3 is 10.1 Å². The number of anilines is 1. The third kappa shape index (κ3) is 4.35. The number of nitrogens with zero attached hydrogens (tertiary/aromatic N) is 2. The summed E-state index contributed by atoms with van der Waals surface area (Å²) in [5, 5.41) is 7.02.